The predicted octanol–water partition coefficient (Wildman–Crippen LogP) is 3.14. The highest BCUT2D eigenvalue weighted by Crippen LogP contribution is 2.18. The normalized spacial score (nSPS) is 9.74. The van der Waals surface area contributed by atoms with Crippen molar-refractivity contribution in [3.8, 4) is 6.07 Å². The van der Waals surface area contributed by atoms with Gasteiger partial charge in [0.15, 0.2) is 0 Å². The Morgan fingerprint density at radius 3 is 2.58 bits per heavy atom. The molecule has 2 aromatic carbocycles. The highest BCUT2D eigenvalue weighted by atomic mass is 16.2. The molecule has 0 spiro atoms. The van der Waals surface area contributed by atoms with Crippen LogP contribution in [0, 0.1) is 18.3 Å². The number of rotatable bonds is 2. The van der Waals surface area contributed by atoms with E-state index in [-0.39, 0.29) is 5.91 Å². The summed E-state index contributed by atoms with van der Waals surface area (Å²) in [6.07, 6.45) is 0. The van der Waals surface area contributed by atoms with Gasteiger partial charge in [0.25, 0.3) is 5.91 Å². The smallest absolute Gasteiger partial charge is 0.258 e. The van der Waals surface area contributed by atoms with Gasteiger partial charge in [0, 0.05) is 18.3 Å². The number of carbonyl (C=O) groups is 1. The minimum atomic E-state index is -0.0758. The summed E-state index contributed by atoms with van der Waals surface area (Å²) in [4.78, 5) is 14.0. The Labute approximate surface area is 112 Å². The minimum Gasteiger partial charge on any atom is -0.311 e. The Morgan fingerprint density at radius 1 is 1.16 bits per heavy atom. The van der Waals surface area contributed by atoms with Crippen LogP contribution < -0.4 is 4.90 Å². The van der Waals surface area contributed by atoms with Crippen LogP contribution >= 0.6 is 0 Å². The molecule has 0 unspecified atom stereocenters. The average Bonchev–Trinajstić information content (AvgIpc) is 2.46. The molecule has 0 aliphatic carbocycles. The first-order valence-electron chi connectivity index (χ1n) is 5.97. The number of nitrogens with zero attached hydrogens (tertiary/aromatic N) is 2. The molecule has 0 fully saturated rings. The van der Waals surface area contributed by atoms with Crippen LogP contribution in [0.25, 0.3) is 0 Å². The molecule has 0 N–H and O–H groups in total. The maximum Gasteiger partial charge on any atom is 0.258 e. The summed E-state index contributed by atoms with van der Waals surface area (Å²) >= 11 is 0. The average molecular weight is 250 g/mol. The SMILES string of the molecule is Cc1ccccc1C(=O)N(C)c1cccc(C#N)c1. The van der Waals surface area contributed by atoms with Crippen LogP contribution in [0.3, 0.4) is 0 Å². The zero-order valence-electron chi connectivity index (χ0n) is 10.9. The highest BCUT2D eigenvalue weighted by Gasteiger charge is 2.15. The number of benzene rings is 2. The Hall–Kier alpha value is -2.60. The molecule has 3 nitrogen and oxygen atoms in total. The van der Waals surface area contributed by atoms with Gasteiger partial charge in [-0.25, -0.2) is 0 Å². The summed E-state index contributed by atoms with van der Waals surface area (Å²) < 4.78 is 0. The van der Waals surface area contributed by atoms with Gasteiger partial charge in [0.05, 0.1) is 11.6 Å². The van der Waals surface area contributed by atoms with E-state index in [0.29, 0.717) is 16.8 Å². The molecule has 0 heterocycles. The summed E-state index contributed by atoms with van der Waals surface area (Å²) in [5.74, 6) is -0.0758. The van der Waals surface area contributed by atoms with Crippen LogP contribution in [0.4, 0.5) is 5.69 Å². The molecule has 0 aliphatic heterocycles. The molecular formula is C16H14N2O. The van der Waals surface area contributed by atoms with Gasteiger partial charge in [-0.05, 0) is 36.8 Å². The number of amides is 1. The van der Waals surface area contributed by atoms with Crippen molar-refractivity contribution in [3.63, 3.8) is 0 Å². The van der Waals surface area contributed by atoms with Gasteiger partial charge in [-0.1, -0.05) is 24.3 Å². The third-order valence-corrected chi connectivity index (χ3v) is 3.04. The first-order valence-corrected chi connectivity index (χ1v) is 5.97. The second-order valence-corrected chi connectivity index (χ2v) is 4.34. The minimum absolute atomic E-state index is 0.0758. The van der Waals surface area contributed by atoms with Gasteiger partial charge in [0.1, 0.15) is 0 Å². The topological polar surface area (TPSA) is 44.1 Å². The van der Waals surface area contributed by atoms with Crippen LogP contribution in [-0.2, 0) is 0 Å². The molecule has 0 saturated carbocycles. The van der Waals surface area contributed by atoms with Crippen LogP contribution in [-0.4, -0.2) is 13.0 Å². The Kier molecular flexibility index (Phi) is 3.63. The largest absolute Gasteiger partial charge is 0.311 e. The van der Waals surface area contributed by atoms with E-state index in [9.17, 15) is 4.79 Å². The fraction of sp³-hybridized carbons (Fsp3) is 0.125. The monoisotopic (exact) mass is 250 g/mol. The Bertz CT molecular complexity index is 656. The molecule has 3 heteroatoms. The third-order valence-electron chi connectivity index (χ3n) is 3.04. The molecule has 94 valence electrons. The predicted molar refractivity (Wildman–Crippen MR) is 75.1 cm³/mol. The van der Waals surface area contributed by atoms with E-state index in [1.54, 1.807) is 30.1 Å². The number of hydrogen-bond donors (Lipinski definition) is 0. The van der Waals surface area contributed by atoms with Gasteiger partial charge < -0.3 is 4.90 Å². The van der Waals surface area contributed by atoms with Gasteiger partial charge in [0.2, 0.25) is 0 Å². The van der Waals surface area contributed by atoms with Gasteiger partial charge in [-0.15, -0.1) is 0 Å². The Balaban J connectivity index is 2.34. The maximum absolute atomic E-state index is 12.4. The zero-order chi connectivity index (χ0) is 13.8. The van der Waals surface area contributed by atoms with E-state index in [1.807, 2.05) is 37.3 Å². The van der Waals surface area contributed by atoms with E-state index in [0.717, 1.165) is 5.56 Å². The lowest BCUT2D eigenvalue weighted by Crippen LogP contribution is -2.26. The second kappa shape index (κ2) is 5.36. The summed E-state index contributed by atoms with van der Waals surface area (Å²) in [5.41, 5.74) is 2.87. The van der Waals surface area contributed by atoms with E-state index in [2.05, 4.69) is 6.07 Å². The third kappa shape index (κ3) is 2.63. The van der Waals surface area contributed by atoms with Crippen molar-refractivity contribution >= 4 is 11.6 Å². The van der Waals surface area contributed by atoms with Crippen molar-refractivity contribution in [2.75, 3.05) is 11.9 Å². The highest BCUT2D eigenvalue weighted by molar-refractivity contribution is 6.06. The number of nitriles is 1. The number of anilines is 1. The fourth-order valence-corrected chi connectivity index (χ4v) is 1.89. The van der Waals surface area contributed by atoms with E-state index >= 15 is 0 Å². The molecule has 0 saturated heterocycles. The van der Waals surface area contributed by atoms with Crippen LogP contribution in [0.15, 0.2) is 48.5 Å². The second-order valence-electron chi connectivity index (χ2n) is 4.34. The Morgan fingerprint density at radius 2 is 1.89 bits per heavy atom. The summed E-state index contributed by atoms with van der Waals surface area (Å²) in [6.45, 7) is 1.91. The molecule has 2 rings (SSSR count). The number of aryl methyl sites for hydroxylation is 1. The lowest BCUT2D eigenvalue weighted by atomic mass is 10.1. The lowest BCUT2D eigenvalue weighted by molar-refractivity contribution is 0.0992. The summed E-state index contributed by atoms with van der Waals surface area (Å²) in [5, 5.41) is 8.89. The molecule has 1 amide bonds. The van der Waals surface area contributed by atoms with Gasteiger partial charge >= 0.3 is 0 Å². The zero-order valence-corrected chi connectivity index (χ0v) is 10.9. The molecule has 0 radical (unpaired) electrons. The molecule has 0 aromatic heterocycles. The number of hydrogen-bond acceptors (Lipinski definition) is 2. The summed E-state index contributed by atoms with van der Waals surface area (Å²) in [7, 11) is 1.71. The maximum atomic E-state index is 12.4. The van der Waals surface area contributed by atoms with Crippen LogP contribution in [0.2, 0.25) is 0 Å². The lowest BCUT2D eigenvalue weighted by Gasteiger charge is -2.18. The van der Waals surface area contributed by atoms with Crippen molar-refractivity contribution in [1.82, 2.24) is 0 Å². The molecule has 0 bridgehead atoms. The van der Waals surface area contributed by atoms with Gasteiger partial charge in [-0.2, -0.15) is 5.26 Å². The molecule has 19 heavy (non-hydrogen) atoms. The van der Waals surface area contributed by atoms with Crippen LogP contribution in [0.5, 0.6) is 0 Å². The van der Waals surface area contributed by atoms with Crippen molar-refractivity contribution in [3.05, 3.63) is 65.2 Å². The van der Waals surface area contributed by atoms with Crippen molar-refractivity contribution in [2.24, 2.45) is 0 Å². The standard InChI is InChI=1S/C16H14N2O/c1-12-6-3-4-9-15(12)16(19)18(2)14-8-5-7-13(10-14)11-17/h3-10H,1-2H3. The quantitative estimate of drug-likeness (QED) is 0.821. The van der Waals surface area contributed by atoms with Crippen LogP contribution in [0.1, 0.15) is 21.5 Å². The molecule has 2 aromatic rings. The first kappa shape index (κ1) is 12.8. The van der Waals surface area contributed by atoms with E-state index in [4.69, 9.17) is 5.26 Å². The molecule has 0 aliphatic rings. The van der Waals surface area contributed by atoms with E-state index in [1.165, 1.54) is 0 Å². The van der Waals surface area contributed by atoms with Crippen molar-refractivity contribution < 1.29 is 4.79 Å². The number of carbonyl (C=O) groups excluding carboxylic acids is 1. The molecular weight excluding hydrogens is 236 g/mol. The van der Waals surface area contributed by atoms with Gasteiger partial charge in [-0.3, -0.25) is 4.79 Å². The first-order chi connectivity index (χ1) is 9.13. The fourth-order valence-electron chi connectivity index (χ4n) is 1.89. The van der Waals surface area contributed by atoms with Crippen molar-refractivity contribution in [1.29, 1.82) is 5.26 Å². The van der Waals surface area contributed by atoms with Crippen molar-refractivity contribution in [2.45, 2.75) is 6.92 Å². The van der Waals surface area contributed by atoms with E-state index < -0.39 is 0 Å². The molecule has 0 atom stereocenters. The summed E-state index contributed by atoms with van der Waals surface area (Å²) in [6, 6.07) is 16.6.